The monoisotopic (exact) mass is 499 g/mol. The Balaban J connectivity index is 0. The maximum Gasteiger partial charge on any atom is 0.314 e. The average molecular weight is 500 g/mol. The van der Waals surface area contributed by atoms with Crippen LogP contribution in [-0.2, 0) is 16.0 Å². The first-order chi connectivity index (χ1) is 17.5. The highest BCUT2D eigenvalue weighted by Crippen LogP contribution is 2.52. The number of likely N-dealkylation sites (tertiary alicyclic amines) is 1. The highest BCUT2D eigenvalue weighted by molar-refractivity contribution is 5.82. The third kappa shape index (κ3) is 8.76. The van der Waals surface area contributed by atoms with Gasteiger partial charge < -0.3 is 4.74 Å². The van der Waals surface area contributed by atoms with Gasteiger partial charge in [0.15, 0.2) is 0 Å². The van der Waals surface area contributed by atoms with Crippen molar-refractivity contribution in [3.8, 4) is 0 Å². The number of carbonyl (C=O) groups is 1. The fourth-order valence-electron chi connectivity index (χ4n) is 4.81. The number of carbonyl (C=O) groups excluding carboxylic acids is 1. The fraction of sp³-hybridized carbons (Fsp3) is 0.606. The largest absolute Gasteiger partial charge is 0.456 e. The van der Waals surface area contributed by atoms with Crippen LogP contribution < -0.4 is 0 Å². The molecule has 1 unspecified atom stereocenters. The number of aryl methyl sites for hydroxylation is 2. The predicted octanol–water partition coefficient (Wildman–Crippen LogP) is 9.53. The molecule has 2 fully saturated rings. The Morgan fingerprint density at radius 1 is 0.889 bits per heavy atom. The van der Waals surface area contributed by atoms with Crippen molar-refractivity contribution in [2.75, 3.05) is 13.6 Å². The predicted molar refractivity (Wildman–Crippen MR) is 160 cm³/mol. The second kappa shape index (κ2) is 20.0. The summed E-state index contributed by atoms with van der Waals surface area (Å²) in [7, 11) is 2.14. The summed E-state index contributed by atoms with van der Waals surface area (Å²) < 4.78 is 6.16. The Kier molecular flexibility index (Phi) is 20.0. The van der Waals surface area contributed by atoms with E-state index in [-0.39, 0.29) is 17.9 Å². The molecule has 3 atom stereocenters. The number of esters is 1. The molecule has 2 heterocycles. The highest BCUT2D eigenvalue weighted by atomic mass is 16.6. The van der Waals surface area contributed by atoms with Gasteiger partial charge in [-0.3, -0.25) is 9.69 Å². The van der Waals surface area contributed by atoms with E-state index >= 15 is 0 Å². The Morgan fingerprint density at radius 2 is 1.44 bits per heavy atom. The van der Waals surface area contributed by atoms with Crippen LogP contribution in [0.5, 0.6) is 0 Å². The highest BCUT2D eigenvalue weighted by Gasteiger charge is 2.56. The fourth-order valence-corrected chi connectivity index (χ4v) is 4.81. The van der Waals surface area contributed by atoms with Gasteiger partial charge in [0.25, 0.3) is 0 Å². The summed E-state index contributed by atoms with van der Waals surface area (Å²) >= 11 is 0. The van der Waals surface area contributed by atoms with Gasteiger partial charge in [-0.15, -0.1) is 0 Å². The second-order valence-corrected chi connectivity index (χ2v) is 7.83. The van der Waals surface area contributed by atoms with Crippen molar-refractivity contribution >= 4 is 5.97 Å². The molecule has 2 saturated heterocycles. The third-order valence-corrected chi connectivity index (χ3v) is 6.21. The van der Waals surface area contributed by atoms with E-state index in [2.05, 4.69) is 68.3 Å². The van der Waals surface area contributed by atoms with Gasteiger partial charge in [0.05, 0.1) is 12.0 Å². The maximum absolute atomic E-state index is 12.9. The van der Waals surface area contributed by atoms with Crippen molar-refractivity contribution in [1.82, 2.24) is 4.90 Å². The van der Waals surface area contributed by atoms with Crippen LogP contribution in [0.4, 0.5) is 0 Å². The average Bonchev–Trinajstić information content (AvgIpc) is 3.47. The molecule has 0 N–H and O–H groups in total. The van der Waals surface area contributed by atoms with Crippen molar-refractivity contribution in [3.05, 3.63) is 70.8 Å². The smallest absolute Gasteiger partial charge is 0.314 e. The summed E-state index contributed by atoms with van der Waals surface area (Å²) in [6.45, 7) is 25.2. The lowest BCUT2D eigenvalue weighted by Gasteiger charge is -2.32. The van der Waals surface area contributed by atoms with E-state index in [0.29, 0.717) is 0 Å². The zero-order valence-electron chi connectivity index (χ0n) is 25.9. The molecule has 1 spiro atoms. The van der Waals surface area contributed by atoms with Gasteiger partial charge in [0, 0.05) is 19.4 Å². The van der Waals surface area contributed by atoms with Gasteiger partial charge in [-0.1, -0.05) is 125 Å². The first kappa shape index (κ1) is 36.0. The van der Waals surface area contributed by atoms with Crippen molar-refractivity contribution in [3.63, 3.8) is 0 Å². The van der Waals surface area contributed by atoms with E-state index in [1.807, 2.05) is 75.3 Å². The molecule has 3 heteroatoms. The summed E-state index contributed by atoms with van der Waals surface area (Å²) in [5, 5.41) is 0. The normalized spacial score (nSPS) is 21.5. The van der Waals surface area contributed by atoms with E-state index in [1.54, 1.807) is 0 Å². The summed E-state index contributed by atoms with van der Waals surface area (Å²) in [5.41, 5.74) is 4.44. The van der Waals surface area contributed by atoms with Crippen LogP contribution >= 0.6 is 0 Å². The second-order valence-electron chi connectivity index (χ2n) is 7.83. The van der Waals surface area contributed by atoms with E-state index < -0.39 is 5.60 Å². The van der Waals surface area contributed by atoms with E-state index in [1.165, 1.54) is 16.7 Å². The van der Waals surface area contributed by atoms with Gasteiger partial charge in [0.2, 0.25) is 0 Å². The zero-order chi connectivity index (χ0) is 28.3. The van der Waals surface area contributed by atoms with Crippen molar-refractivity contribution in [1.29, 1.82) is 0 Å². The molecule has 0 bridgehead atoms. The zero-order valence-corrected chi connectivity index (χ0v) is 25.9. The number of nitrogens with zero attached hydrogens (tertiary/aromatic N) is 1. The number of rotatable bonds is 3. The van der Waals surface area contributed by atoms with Crippen LogP contribution in [0, 0.1) is 6.92 Å². The Morgan fingerprint density at radius 3 is 1.97 bits per heavy atom. The van der Waals surface area contributed by atoms with Crippen LogP contribution in [0.1, 0.15) is 123 Å². The van der Waals surface area contributed by atoms with Crippen molar-refractivity contribution < 1.29 is 9.53 Å². The lowest BCUT2D eigenvalue weighted by Crippen LogP contribution is -2.36. The molecular formula is C33H57NO2. The molecule has 0 aliphatic carbocycles. The molecule has 36 heavy (non-hydrogen) atoms. The Labute approximate surface area is 224 Å². The van der Waals surface area contributed by atoms with E-state index in [4.69, 9.17) is 4.74 Å². The van der Waals surface area contributed by atoms with Gasteiger partial charge in [-0.25, -0.2) is 0 Å². The Hall–Kier alpha value is -2.13. The number of ether oxygens (including phenoxy) is 1. The number of hydrogen-bond donors (Lipinski definition) is 0. The minimum absolute atomic E-state index is 0.0578. The van der Waals surface area contributed by atoms with Gasteiger partial charge in [-0.2, -0.15) is 0 Å². The lowest BCUT2D eigenvalue weighted by atomic mass is 9.80. The molecule has 0 amide bonds. The minimum Gasteiger partial charge on any atom is -0.456 e. The molecule has 3 nitrogen and oxygen atoms in total. The summed E-state index contributed by atoms with van der Waals surface area (Å²) in [5.74, 6) is -0.211. The summed E-state index contributed by atoms with van der Waals surface area (Å²) in [6.07, 6.45) is 2.65. The maximum atomic E-state index is 12.9. The van der Waals surface area contributed by atoms with Crippen LogP contribution in [0.2, 0.25) is 0 Å². The molecule has 2 aliphatic heterocycles. The van der Waals surface area contributed by atoms with Crippen LogP contribution in [0.25, 0.3) is 0 Å². The topological polar surface area (TPSA) is 29.5 Å². The summed E-state index contributed by atoms with van der Waals surface area (Å²) in [6, 6.07) is 17.1. The van der Waals surface area contributed by atoms with Gasteiger partial charge in [0.1, 0.15) is 5.60 Å². The van der Waals surface area contributed by atoms with Crippen molar-refractivity contribution in [2.24, 2.45) is 0 Å². The van der Waals surface area contributed by atoms with Gasteiger partial charge >= 0.3 is 5.97 Å². The molecule has 0 radical (unpaired) electrons. The summed E-state index contributed by atoms with van der Waals surface area (Å²) in [4.78, 5) is 15.3. The number of hydrogen-bond acceptors (Lipinski definition) is 3. The molecule has 4 rings (SSSR count). The molecular weight excluding hydrogens is 442 g/mol. The molecule has 2 aliphatic rings. The SMILES string of the molecule is CC.CC.CC.CC.CC.CCc1ccc(C)c(C2C[C@@]3(CCN(C)[C@H]3c3ccccc3)OC2=O)c1. The quantitative estimate of drug-likeness (QED) is 0.394. The molecule has 2 aromatic rings. The van der Waals surface area contributed by atoms with Crippen LogP contribution in [0.3, 0.4) is 0 Å². The molecule has 0 saturated carbocycles. The molecule has 206 valence electrons. The molecule has 2 aromatic carbocycles. The van der Waals surface area contributed by atoms with Gasteiger partial charge in [-0.05, 0) is 42.6 Å². The van der Waals surface area contributed by atoms with Crippen LogP contribution in [-0.4, -0.2) is 30.1 Å². The standard InChI is InChI=1S/C23H27NO2.5C2H6/c1-4-17-11-10-16(2)19(14-17)20-15-23(26-22(20)25)12-13-24(3)21(23)18-8-6-5-7-9-18;5*1-2/h5-11,14,20-21H,4,12-13,15H2,1-3H3;5*1-2H3/t20?,21-,23+;;;;;/m0...../s1. The number of likely N-dealkylation sites (N-methyl/N-ethyl adjacent to an activating group) is 1. The first-order valence-electron chi connectivity index (χ1n) is 14.6. The third-order valence-electron chi connectivity index (χ3n) is 6.21. The lowest BCUT2D eigenvalue weighted by molar-refractivity contribution is -0.151. The van der Waals surface area contributed by atoms with E-state index in [0.717, 1.165) is 31.4 Å². The van der Waals surface area contributed by atoms with E-state index in [9.17, 15) is 4.79 Å². The van der Waals surface area contributed by atoms with Crippen molar-refractivity contribution in [2.45, 2.75) is 120 Å². The Bertz CT molecular complexity index is 818. The first-order valence-corrected chi connectivity index (χ1v) is 14.6. The molecule has 0 aromatic heterocycles. The van der Waals surface area contributed by atoms with Crippen LogP contribution in [0.15, 0.2) is 48.5 Å². The number of benzene rings is 2. The minimum atomic E-state index is -0.410.